The van der Waals surface area contributed by atoms with Gasteiger partial charge in [-0.1, -0.05) is 12.7 Å². The maximum Gasteiger partial charge on any atom is 0.0260 e. The largest absolute Gasteiger partial charge is 0.126 e. The third kappa shape index (κ3) is 4.14. The van der Waals surface area contributed by atoms with Crippen molar-refractivity contribution in [1.29, 1.82) is 0 Å². The van der Waals surface area contributed by atoms with E-state index in [2.05, 4.69) is 18.9 Å². The molecule has 9 heavy (non-hydrogen) atoms. The summed E-state index contributed by atoms with van der Waals surface area (Å²) in [5, 5.41) is 0. The first-order chi connectivity index (χ1) is 4.35. The second-order valence-electron chi connectivity index (χ2n) is 1.63. The van der Waals surface area contributed by atoms with Crippen LogP contribution in [0.5, 0.6) is 0 Å². The summed E-state index contributed by atoms with van der Waals surface area (Å²) >= 11 is 1.71. The molecule has 0 aromatic rings. The zero-order valence-electron chi connectivity index (χ0n) is 5.81. The molecule has 0 unspecified atom stereocenters. The number of thioether (sulfide) groups is 1. The molecule has 0 aliphatic rings. The molecule has 0 saturated heterocycles. The van der Waals surface area contributed by atoms with Crippen LogP contribution in [0, 0.1) is 0 Å². The van der Waals surface area contributed by atoms with Crippen molar-refractivity contribution in [2.24, 2.45) is 0 Å². The normalized spacial score (nSPS) is 8.11. The lowest BCUT2D eigenvalue weighted by Gasteiger charge is -1.94. The second kappa shape index (κ2) is 5.74. The highest BCUT2D eigenvalue weighted by molar-refractivity contribution is 8.02. The maximum atomic E-state index is 3.63. The van der Waals surface area contributed by atoms with E-state index in [4.69, 9.17) is 0 Å². The zero-order chi connectivity index (χ0) is 7.11. The van der Waals surface area contributed by atoms with Gasteiger partial charge in [-0.05, 0) is 19.1 Å². The van der Waals surface area contributed by atoms with Crippen LogP contribution < -0.4 is 0 Å². The summed E-state index contributed by atoms with van der Waals surface area (Å²) < 4.78 is 0. The smallest absolute Gasteiger partial charge is 0.0260 e. The van der Waals surface area contributed by atoms with Gasteiger partial charge in [0.05, 0.1) is 0 Å². The highest BCUT2D eigenvalue weighted by Crippen LogP contribution is 2.15. The summed E-state index contributed by atoms with van der Waals surface area (Å²) in [6, 6.07) is 0. The summed E-state index contributed by atoms with van der Waals surface area (Å²) in [6.07, 6.45) is 6.01. The van der Waals surface area contributed by atoms with E-state index in [9.17, 15) is 0 Å². The summed E-state index contributed by atoms with van der Waals surface area (Å²) in [5.41, 5.74) is 2.87. The van der Waals surface area contributed by atoms with E-state index in [1.807, 2.05) is 12.3 Å². The van der Waals surface area contributed by atoms with Crippen LogP contribution in [-0.4, -0.2) is 6.26 Å². The van der Waals surface area contributed by atoms with Gasteiger partial charge in [-0.2, -0.15) is 0 Å². The van der Waals surface area contributed by atoms with E-state index in [1.165, 1.54) is 4.91 Å². The van der Waals surface area contributed by atoms with Gasteiger partial charge in [-0.25, -0.2) is 0 Å². The molecule has 0 aliphatic carbocycles. The standard InChI is InChI=1S/C8H12S/c1-4-6-7-8(5-2)9-3/h4H,1-2,6-7H2,3H3. The highest BCUT2D eigenvalue weighted by Gasteiger charge is 1.88. The lowest BCUT2D eigenvalue weighted by atomic mass is 10.3. The van der Waals surface area contributed by atoms with Gasteiger partial charge < -0.3 is 0 Å². The molecular formula is C8H12S. The molecule has 0 fully saturated rings. The molecule has 0 nitrogen and oxygen atoms in total. The Kier molecular flexibility index (Phi) is 5.49. The van der Waals surface area contributed by atoms with E-state index in [0.29, 0.717) is 0 Å². The van der Waals surface area contributed by atoms with Crippen LogP contribution in [0.1, 0.15) is 12.8 Å². The van der Waals surface area contributed by atoms with E-state index >= 15 is 0 Å². The number of rotatable bonds is 4. The van der Waals surface area contributed by atoms with Crippen molar-refractivity contribution in [2.45, 2.75) is 12.8 Å². The lowest BCUT2D eigenvalue weighted by molar-refractivity contribution is 1.04. The van der Waals surface area contributed by atoms with Crippen LogP contribution in [0.15, 0.2) is 29.9 Å². The van der Waals surface area contributed by atoms with E-state index in [1.54, 1.807) is 11.8 Å². The second-order valence-corrected chi connectivity index (χ2v) is 2.53. The fraction of sp³-hybridized carbons (Fsp3) is 0.375. The van der Waals surface area contributed by atoms with Gasteiger partial charge in [-0.15, -0.1) is 24.1 Å². The molecule has 0 aromatic carbocycles. The molecule has 0 radical (unpaired) electrons. The third-order valence-electron chi connectivity index (χ3n) is 1.02. The predicted molar refractivity (Wildman–Crippen MR) is 45.6 cm³/mol. The summed E-state index contributed by atoms with van der Waals surface area (Å²) in [4.78, 5) is 1.22. The average Bonchev–Trinajstić information content (AvgIpc) is 1.91. The third-order valence-corrected chi connectivity index (χ3v) is 1.86. The number of hydrogen-bond donors (Lipinski definition) is 0. The van der Waals surface area contributed by atoms with Gasteiger partial charge in [0.1, 0.15) is 0 Å². The molecule has 0 aliphatic heterocycles. The number of allylic oxidation sites excluding steroid dienone is 2. The Labute approximate surface area is 61.3 Å². The van der Waals surface area contributed by atoms with Crippen molar-refractivity contribution in [1.82, 2.24) is 0 Å². The minimum atomic E-state index is 1.03. The molecule has 0 atom stereocenters. The van der Waals surface area contributed by atoms with Crippen LogP contribution in [0.25, 0.3) is 0 Å². The summed E-state index contributed by atoms with van der Waals surface area (Å²) in [6.45, 7) is 7.20. The average molecular weight is 140 g/mol. The molecule has 0 aromatic heterocycles. The molecule has 0 saturated carbocycles. The van der Waals surface area contributed by atoms with Gasteiger partial charge in [0.15, 0.2) is 0 Å². The maximum absolute atomic E-state index is 3.63. The fourth-order valence-electron chi connectivity index (χ4n) is 0.496. The quantitative estimate of drug-likeness (QED) is 0.427. The minimum Gasteiger partial charge on any atom is -0.126 e. The first kappa shape index (κ1) is 8.61. The monoisotopic (exact) mass is 140 g/mol. The summed E-state index contributed by atoms with van der Waals surface area (Å²) in [7, 11) is 0. The topological polar surface area (TPSA) is 0 Å². The van der Waals surface area contributed by atoms with Crippen LogP contribution in [0.3, 0.4) is 0 Å². The van der Waals surface area contributed by atoms with Gasteiger partial charge in [0.25, 0.3) is 0 Å². The molecule has 0 heterocycles. The molecule has 0 bridgehead atoms. The Balaban J connectivity index is 3.57. The number of hydrogen-bond acceptors (Lipinski definition) is 1. The van der Waals surface area contributed by atoms with Crippen molar-refractivity contribution in [3.05, 3.63) is 29.9 Å². The molecule has 0 N–H and O–H groups in total. The van der Waals surface area contributed by atoms with Crippen LogP contribution >= 0.6 is 11.8 Å². The molecular weight excluding hydrogens is 128 g/mol. The first-order valence-corrected chi connectivity index (χ1v) is 4.11. The van der Waals surface area contributed by atoms with Gasteiger partial charge >= 0.3 is 0 Å². The molecule has 0 amide bonds. The fourth-order valence-corrected chi connectivity index (χ4v) is 0.962. The Hall–Kier alpha value is -0.390. The molecule has 50 valence electrons. The Morgan fingerprint density at radius 1 is 1.78 bits per heavy atom. The SMILES string of the molecule is C=C=C(CCC=C)SC. The Morgan fingerprint density at radius 2 is 2.44 bits per heavy atom. The van der Waals surface area contributed by atoms with Crippen molar-refractivity contribution in [3.63, 3.8) is 0 Å². The van der Waals surface area contributed by atoms with Gasteiger partial charge in [0.2, 0.25) is 0 Å². The van der Waals surface area contributed by atoms with E-state index in [-0.39, 0.29) is 0 Å². The molecule has 0 spiro atoms. The van der Waals surface area contributed by atoms with Crippen LogP contribution in [-0.2, 0) is 0 Å². The van der Waals surface area contributed by atoms with Crippen LogP contribution in [0.2, 0.25) is 0 Å². The van der Waals surface area contributed by atoms with Gasteiger partial charge in [-0.3, -0.25) is 0 Å². The zero-order valence-corrected chi connectivity index (χ0v) is 6.63. The summed E-state index contributed by atoms with van der Waals surface area (Å²) in [5.74, 6) is 0. The van der Waals surface area contributed by atoms with Gasteiger partial charge in [0, 0.05) is 4.91 Å². The van der Waals surface area contributed by atoms with Crippen molar-refractivity contribution >= 4 is 11.8 Å². The lowest BCUT2D eigenvalue weighted by Crippen LogP contribution is -1.71. The Morgan fingerprint density at radius 3 is 2.78 bits per heavy atom. The van der Waals surface area contributed by atoms with E-state index < -0.39 is 0 Å². The minimum absolute atomic E-state index is 1.03. The first-order valence-electron chi connectivity index (χ1n) is 2.89. The molecule has 0 rings (SSSR count). The highest BCUT2D eigenvalue weighted by atomic mass is 32.2. The Bertz CT molecular complexity index is 130. The predicted octanol–water partition coefficient (Wildman–Crippen LogP) is 2.98. The van der Waals surface area contributed by atoms with E-state index in [0.717, 1.165) is 12.8 Å². The van der Waals surface area contributed by atoms with Crippen molar-refractivity contribution in [3.8, 4) is 0 Å². The van der Waals surface area contributed by atoms with Crippen LogP contribution in [0.4, 0.5) is 0 Å². The molecule has 1 heteroatoms. The van der Waals surface area contributed by atoms with Crippen molar-refractivity contribution in [2.75, 3.05) is 6.26 Å². The van der Waals surface area contributed by atoms with Crippen molar-refractivity contribution < 1.29 is 0 Å².